The van der Waals surface area contributed by atoms with Crippen LogP contribution in [0.3, 0.4) is 0 Å². The largest absolute Gasteiger partial charge is 0.467 e. The van der Waals surface area contributed by atoms with Crippen LogP contribution in [0, 0.1) is 5.41 Å². The number of esters is 1. The van der Waals surface area contributed by atoms with Crippen LogP contribution >= 0.6 is 11.6 Å². The Kier molecular flexibility index (Phi) is 6.38. The summed E-state index contributed by atoms with van der Waals surface area (Å²) in [5.74, 6) is -0.340. The third-order valence-corrected chi connectivity index (χ3v) is 4.07. The molecule has 0 heterocycles. The number of rotatable bonds is 5. The van der Waals surface area contributed by atoms with Crippen LogP contribution in [-0.2, 0) is 16.0 Å². The first-order valence-electron chi connectivity index (χ1n) is 8.27. The van der Waals surface area contributed by atoms with Gasteiger partial charge in [0.2, 0.25) is 0 Å². The van der Waals surface area contributed by atoms with E-state index >= 15 is 0 Å². The van der Waals surface area contributed by atoms with Crippen molar-refractivity contribution in [2.75, 3.05) is 7.11 Å². The molecule has 0 amide bonds. The number of carbonyl (C=O) groups is 1. The van der Waals surface area contributed by atoms with E-state index in [4.69, 9.17) is 21.3 Å². The highest BCUT2D eigenvalue weighted by atomic mass is 35.5. The summed E-state index contributed by atoms with van der Waals surface area (Å²) in [6, 6.07) is 16.8. The van der Waals surface area contributed by atoms with Gasteiger partial charge in [0.15, 0.2) is 6.04 Å². The van der Waals surface area contributed by atoms with E-state index < -0.39 is 6.04 Å². The van der Waals surface area contributed by atoms with Crippen LogP contribution in [-0.4, -0.2) is 24.8 Å². The summed E-state index contributed by atoms with van der Waals surface area (Å²) in [7, 11) is 1.39. The number of aliphatic imine (C=N–C) groups is 1. The molecular weight excluding hydrogens is 334 g/mol. The number of benzene rings is 2. The van der Waals surface area contributed by atoms with Crippen LogP contribution in [0.4, 0.5) is 0 Å². The molecule has 0 aliphatic rings. The Labute approximate surface area is 154 Å². The number of ether oxygens (including phenoxy) is 1. The fourth-order valence-corrected chi connectivity index (χ4v) is 2.84. The van der Waals surface area contributed by atoms with E-state index in [2.05, 4.69) is 20.8 Å². The quantitative estimate of drug-likeness (QED) is 0.560. The van der Waals surface area contributed by atoms with E-state index in [-0.39, 0.29) is 11.4 Å². The average molecular weight is 358 g/mol. The van der Waals surface area contributed by atoms with Gasteiger partial charge in [-0.25, -0.2) is 4.79 Å². The van der Waals surface area contributed by atoms with Gasteiger partial charge in [-0.3, -0.25) is 4.99 Å². The summed E-state index contributed by atoms with van der Waals surface area (Å²) >= 11 is 6.15. The average Bonchev–Trinajstić information content (AvgIpc) is 2.57. The molecule has 0 saturated heterocycles. The highest BCUT2D eigenvalue weighted by Crippen LogP contribution is 2.25. The standard InChI is InChI=1S/C21H24ClNO2/c1-21(2,3)19(16-11-8-12-17(22)14-16)23-18(20(24)25-4)13-15-9-6-5-7-10-15/h5-12,14,18H,13H2,1-4H3. The Morgan fingerprint density at radius 2 is 1.80 bits per heavy atom. The molecule has 25 heavy (non-hydrogen) atoms. The number of hydrogen-bond acceptors (Lipinski definition) is 3. The van der Waals surface area contributed by atoms with Crippen molar-refractivity contribution >= 4 is 23.3 Å². The molecule has 2 aromatic carbocycles. The first kappa shape index (κ1) is 19.2. The van der Waals surface area contributed by atoms with Gasteiger partial charge in [-0.05, 0) is 23.3 Å². The number of hydrogen-bond donors (Lipinski definition) is 0. The first-order valence-corrected chi connectivity index (χ1v) is 8.65. The smallest absolute Gasteiger partial charge is 0.330 e. The Hall–Kier alpha value is -2.13. The molecule has 0 spiro atoms. The van der Waals surface area contributed by atoms with Crippen LogP contribution in [0.5, 0.6) is 0 Å². The van der Waals surface area contributed by atoms with Crippen molar-refractivity contribution in [2.24, 2.45) is 10.4 Å². The molecule has 0 fully saturated rings. The monoisotopic (exact) mass is 357 g/mol. The Morgan fingerprint density at radius 3 is 2.36 bits per heavy atom. The second-order valence-corrected chi connectivity index (χ2v) is 7.40. The number of methoxy groups -OCH3 is 1. The second-order valence-electron chi connectivity index (χ2n) is 6.97. The zero-order chi connectivity index (χ0) is 18.4. The van der Waals surface area contributed by atoms with Gasteiger partial charge in [-0.2, -0.15) is 0 Å². The summed E-state index contributed by atoms with van der Waals surface area (Å²) < 4.78 is 4.99. The fraction of sp³-hybridized carbons (Fsp3) is 0.333. The molecule has 0 radical (unpaired) electrons. The topological polar surface area (TPSA) is 38.7 Å². The molecule has 2 aromatic rings. The minimum Gasteiger partial charge on any atom is -0.467 e. The van der Waals surface area contributed by atoms with E-state index in [1.165, 1.54) is 7.11 Å². The van der Waals surface area contributed by atoms with Gasteiger partial charge in [-0.1, -0.05) is 74.8 Å². The lowest BCUT2D eigenvalue weighted by Gasteiger charge is -2.24. The predicted molar refractivity (Wildman–Crippen MR) is 103 cm³/mol. The van der Waals surface area contributed by atoms with Gasteiger partial charge >= 0.3 is 5.97 Å². The van der Waals surface area contributed by atoms with Crippen molar-refractivity contribution in [1.29, 1.82) is 0 Å². The lowest BCUT2D eigenvalue weighted by Crippen LogP contribution is -2.29. The summed E-state index contributed by atoms with van der Waals surface area (Å²) in [6.45, 7) is 6.22. The SMILES string of the molecule is COC(=O)C(Cc1ccccc1)N=C(c1cccc(Cl)c1)C(C)(C)C. The van der Waals surface area contributed by atoms with Crippen LogP contribution in [0.15, 0.2) is 59.6 Å². The Bertz CT molecular complexity index is 748. The lowest BCUT2D eigenvalue weighted by molar-refractivity contribution is -0.142. The van der Waals surface area contributed by atoms with Crippen molar-refractivity contribution in [3.8, 4) is 0 Å². The molecule has 0 N–H and O–H groups in total. The van der Waals surface area contributed by atoms with Crippen LogP contribution in [0.1, 0.15) is 31.9 Å². The van der Waals surface area contributed by atoms with E-state index in [0.717, 1.165) is 16.8 Å². The molecule has 132 valence electrons. The van der Waals surface area contributed by atoms with Gasteiger partial charge in [0.25, 0.3) is 0 Å². The van der Waals surface area contributed by atoms with E-state index in [1.54, 1.807) is 0 Å². The fourth-order valence-electron chi connectivity index (χ4n) is 2.65. The molecule has 0 aromatic heterocycles. The van der Waals surface area contributed by atoms with Crippen LogP contribution < -0.4 is 0 Å². The maximum absolute atomic E-state index is 12.3. The van der Waals surface area contributed by atoms with Crippen molar-refractivity contribution in [1.82, 2.24) is 0 Å². The van der Waals surface area contributed by atoms with E-state index in [1.807, 2.05) is 54.6 Å². The van der Waals surface area contributed by atoms with Gasteiger partial charge in [0.05, 0.1) is 7.11 Å². The normalized spacial score (nSPS) is 13.4. The Morgan fingerprint density at radius 1 is 1.12 bits per heavy atom. The summed E-state index contributed by atoms with van der Waals surface area (Å²) in [5.41, 5.74) is 2.55. The second kappa shape index (κ2) is 8.30. The number of halogens is 1. The van der Waals surface area contributed by atoms with Gasteiger partial charge < -0.3 is 4.74 Å². The van der Waals surface area contributed by atoms with Crippen LogP contribution in [0.25, 0.3) is 0 Å². The highest BCUT2D eigenvalue weighted by molar-refractivity contribution is 6.31. The molecule has 0 aliphatic carbocycles. The van der Waals surface area contributed by atoms with Crippen LogP contribution in [0.2, 0.25) is 5.02 Å². The van der Waals surface area contributed by atoms with Crippen molar-refractivity contribution in [2.45, 2.75) is 33.2 Å². The first-order chi connectivity index (χ1) is 11.8. The number of carbonyl (C=O) groups excluding carboxylic acids is 1. The van der Waals surface area contributed by atoms with Gasteiger partial charge in [0.1, 0.15) is 0 Å². The third kappa shape index (κ3) is 5.43. The summed E-state index contributed by atoms with van der Waals surface area (Å²) in [5, 5.41) is 0.645. The molecular formula is C21H24ClNO2. The molecule has 3 nitrogen and oxygen atoms in total. The molecule has 1 atom stereocenters. The predicted octanol–water partition coefficient (Wildman–Crippen LogP) is 4.96. The van der Waals surface area contributed by atoms with Crippen molar-refractivity contribution in [3.63, 3.8) is 0 Å². The third-order valence-electron chi connectivity index (χ3n) is 3.84. The minimum absolute atomic E-state index is 0.242. The summed E-state index contributed by atoms with van der Waals surface area (Å²) in [4.78, 5) is 17.1. The summed E-state index contributed by atoms with van der Waals surface area (Å²) in [6.07, 6.45) is 0.494. The molecule has 4 heteroatoms. The van der Waals surface area contributed by atoms with E-state index in [0.29, 0.717) is 11.4 Å². The highest BCUT2D eigenvalue weighted by Gasteiger charge is 2.26. The molecule has 1 unspecified atom stereocenters. The van der Waals surface area contributed by atoms with Crippen molar-refractivity contribution < 1.29 is 9.53 Å². The van der Waals surface area contributed by atoms with Crippen molar-refractivity contribution in [3.05, 3.63) is 70.7 Å². The minimum atomic E-state index is -0.597. The maximum Gasteiger partial charge on any atom is 0.330 e. The maximum atomic E-state index is 12.3. The molecule has 0 bridgehead atoms. The zero-order valence-electron chi connectivity index (χ0n) is 15.1. The molecule has 2 rings (SSSR count). The van der Waals surface area contributed by atoms with Gasteiger partial charge in [0, 0.05) is 22.6 Å². The van der Waals surface area contributed by atoms with E-state index in [9.17, 15) is 4.79 Å². The zero-order valence-corrected chi connectivity index (χ0v) is 15.9. The molecule has 0 aliphatic heterocycles. The van der Waals surface area contributed by atoms with Gasteiger partial charge in [-0.15, -0.1) is 0 Å². The number of nitrogens with zero attached hydrogens (tertiary/aromatic N) is 1. The molecule has 0 saturated carbocycles. The lowest BCUT2D eigenvalue weighted by atomic mass is 9.85. The Balaban J connectivity index is 2.46.